The summed E-state index contributed by atoms with van der Waals surface area (Å²) in [6.45, 7) is 8.99. The van der Waals surface area contributed by atoms with E-state index in [1.165, 1.54) is 5.01 Å². The van der Waals surface area contributed by atoms with Gasteiger partial charge in [-0.2, -0.15) is 0 Å². The maximum absolute atomic E-state index is 5.57. The van der Waals surface area contributed by atoms with Gasteiger partial charge in [0.25, 0.3) is 0 Å². The number of aryl methyl sites for hydroxylation is 1. The molecule has 0 spiro atoms. The highest BCUT2D eigenvalue weighted by Gasteiger charge is 2.10. The third kappa shape index (κ3) is 3.36. The van der Waals surface area contributed by atoms with Gasteiger partial charge >= 0.3 is 0 Å². The first-order valence-corrected chi connectivity index (χ1v) is 5.86. The first-order valence-electron chi connectivity index (χ1n) is 4.98. The summed E-state index contributed by atoms with van der Waals surface area (Å²) < 4.78 is 0. The van der Waals surface area contributed by atoms with Gasteiger partial charge in [0.1, 0.15) is 5.01 Å². The lowest BCUT2D eigenvalue weighted by Gasteiger charge is -2.24. The zero-order valence-electron chi connectivity index (χ0n) is 9.16. The highest BCUT2D eigenvalue weighted by atomic mass is 32.1. The lowest BCUT2D eigenvalue weighted by atomic mass is 10.3. The molecule has 1 aromatic heterocycles. The van der Waals surface area contributed by atoms with E-state index in [0.29, 0.717) is 12.6 Å². The summed E-state index contributed by atoms with van der Waals surface area (Å²) >= 11 is 1.73. The van der Waals surface area contributed by atoms with Crippen molar-refractivity contribution in [1.29, 1.82) is 0 Å². The Morgan fingerprint density at radius 3 is 2.71 bits per heavy atom. The molecule has 1 aromatic rings. The van der Waals surface area contributed by atoms with Gasteiger partial charge in [-0.1, -0.05) is 0 Å². The minimum absolute atomic E-state index is 0.530. The Hall–Kier alpha value is -0.450. The number of hydrogen-bond acceptors (Lipinski definition) is 4. The lowest BCUT2D eigenvalue weighted by molar-refractivity contribution is 0.219. The van der Waals surface area contributed by atoms with Crippen LogP contribution < -0.4 is 5.73 Å². The summed E-state index contributed by atoms with van der Waals surface area (Å²) in [5, 5.41) is 3.28. The quantitative estimate of drug-likeness (QED) is 0.808. The van der Waals surface area contributed by atoms with Crippen molar-refractivity contribution in [2.75, 3.05) is 13.1 Å². The predicted molar refractivity (Wildman–Crippen MR) is 61.5 cm³/mol. The monoisotopic (exact) mass is 213 g/mol. The van der Waals surface area contributed by atoms with Crippen molar-refractivity contribution in [3.63, 3.8) is 0 Å². The molecule has 0 radical (unpaired) electrons. The maximum atomic E-state index is 5.57. The average molecular weight is 213 g/mol. The van der Waals surface area contributed by atoms with Gasteiger partial charge in [0.2, 0.25) is 0 Å². The summed E-state index contributed by atoms with van der Waals surface area (Å²) in [5.41, 5.74) is 6.68. The molecule has 4 heteroatoms. The number of nitrogens with zero attached hydrogens (tertiary/aromatic N) is 2. The average Bonchev–Trinajstić information content (AvgIpc) is 2.50. The fourth-order valence-corrected chi connectivity index (χ4v) is 2.13. The molecule has 0 aromatic carbocycles. The van der Waals surface area contributed by atoms with Crippen LogP contribution in [0.2, 0.25) is 0 Å². The van der Waals surface area contributed by atoms with Crippen molar-refractivity contribution in [2.45, 2.75) is 33.4 Å². The molecule has 2 N–H and O–H groups in total. The summed E-state index contributed by atoms with van der Waals surface area (Å²) in [6.07, 6.45) is 0. The van der Waals surface area contributed by atoms with E-state index in [0.717, 1.165) is 18.8 Å². The van der Waals surface area contributed by atoms with Crippen molar-refractivity contribution in [3.05, 3.63) is 16.1 Å². The second kappa shape index (κ2) is 5.44. The summed E-state index contributed by atoms with van der Waals surface area (Å²) in [7, 11) is 0. The highest BCUT2D eigenvalue weighted by Crippen LogP contribution is 2.12. The molecule has 1 heterocycles. The Balaban J connectivity index is 2.55. The van der Waals surface area contributed by atoms with E-state index in [4.69, 9.17) is 5.73 Å². The van der Waals surface area contributed by atoms with Crippen LogP contribution in [0.3, 0.4) is 0 Å². The largest absolute Gasteiger partial charge is 0.329 e. The van der Waals surface area contributed by atoms with Crippen LogP contribution in [-0.4, -0.2) is 29.0 Å². The van der Waals surface area contributed by atoms with E-state index in [9.17, 15) is 0 Å². The molecule has 0 unspecified atom stereocenters. The van der Waals surface area contributed by atoms with Crippen LogP contribution in [-0.2, 0) is 6.54 Å². The second-order valence-electron chi connectivity index (χ2n) is 3.74. The smallest absolute Gasteiger partial charge is 0.107 e. The van der Waals surface area contributed by atoms with Crippen LogP contribution in [0.4, 0.5) is 0 Å². The van der Waals surface area contributed by atoms with Crippen LogP contribution in [0, 0.1) is 6.92 Å². The van der Waals surface area contributed by atoms with Gasteiger partial charge in [0.15, 0.2) is 0 Å². The second-order valence-corrected chi connectivity index (χ2v) is 4.68. The number of thiazole rings is 1. The van der Waals surface area contributed by atoms with Crippen molar-refractivity contribution < 1.29 is 0 Å². The maximum Gasteiger partial charge on any atom is 0.107 e. The van der Waals surface area contributed by atoms with Crippen LogP contribution in [0.1, 0.15) is 24.5 Å². The van der Waals surface area contributed by atoms with Gasteiger partial charge in [-0.05, 0) is 20.8 Å². The normalized spacial score (nSPS) is 11.6. The SMILES string of the molecule is Cc1csc(CN(CCN)C(C)C)n1. The van der Waals surface area contributed by atoms with E-state index >= 15 is 0 Å². The Kier molecular flexibility index (Phi) is 4.51. The Labute approximate surface area is 89.9 Å². The number of rotatable bonds is 5. The zero-order valence-corrected chi connectivity index (χ0v) is 9.97. The molecule has 80 valence electrons. The van der Waals surface area contributed by atoms with E-state index in [1.807, 2.05) is 6.92 Å². The van der Waals surface area contributed by atoms with E-state index < -0.39 is 0 Å². The molecule has 0 aliphatic carbocycles. The molecule has 0 saturated carbocycles. The minimum Gasteiger partial charge on any atom is -0.329 e. The number of aromatic nitrogens is 1. The van der Waals surface area contributed by atoms with Crippen molar-refractivity contribution in [3.8, 4) is 0 Å². The summed E-state index contributed by atoms with van der Waals surface area (Å²) in [5.74, 6) is 0. The molecular formula is C10H19N3S. The van der Waals surface area contributed by atoms with Crippen molar-refractivity contribution in [2.24, 2.45) is 5.73 Å². The minimum atomic E-state index is 0.530. The molecule has 3 nitrogen and oxygen atoms in total. The van der Waals surface area contributed by atoms with Gasteiger partial charge in [0.05, 0.1) is 6.54 Å². The van der Waals surface area contributed by atoms with Gasteiger partial charge in [-0.3, -0.25) is 4.90 Å². The molecule has 0 atom stereocenters. The molecule has 14 heavy (non-hydrogen) atoms. The highest BCUT2D eigenvalue weighted by molar-refractivity contribution is 7.09. The molecule has 1 rings (SSSR count). The molecular weight excluding hydrogens is 194 g/mol. The molecule has 0 bridgehead atoms. The molecule has 0 aliphatic heterocycles. The first kappa shape index (κ1) is 11.6. The molecule has 0 saturated heterocycles. The van der Waals surface area contributed by atoms with Crippen LogP contribution in [0.15, 0.2) is 5.38 Å². The van der Waals surface area contributed by atoms with Gasteiger partial charge in [-0.25, -0.2) is 4.98 Å². The Morgan fingerprint density at radius 2 is 2.29 bits per heavy atom. The van der Waals surface area contributed by atoms with Gasteiger partial charge in [0, 0.05) is 30.2 Å². The van der Waals surface area contributed by atoms with E-state index in [-0.39, 0.29) is 0 Å². The fourth-order valence-electron chi connectivity index (χ4n) is 1.33. The topological polar surface area (TPSA) is 42.1 Å². The standard InChI is InChI=1S/C10H19N3S/c1-8(2)13(5-4-11)6-10-12-9(3)7-14-10/h7-8H,4-6,11H2,1-3H3. The third-order valence-corrected chi connectivity index (χ3v) is 3.10. The van der Waals surface area contributed by atoms with E-state index in [1.54, 1.807) is 11.3 Å². The Morgan fingerprint density at radius 1 is 1.57 bits per heavy atom. The van der Waals surface area contributed by atoms with Gasteiger partial charge < -0.3 is 5.73 Å². The van der Waals surface area contributed by atoms with Crippen LogP contribution in [0.5, 0.6) is 0 Å². The van der Waals surface area contributed by atoms with Crippen molar-refractivity contribution in [1.82, 2.24) is 9.88 Å². The summed E-state index contributed by atoms with van der Waals surface area (Å²) in [4.78, 5) is 6.80. The van der Waals surface area contributed by atoms with E-state index in [2.05, 4.69) is 29.1 Å². The Bertz CT molecular complexity index is 270. The van der Waals surface area contributed by atoms with Crippen LogP contribution in [0.25, 0.3) is 0 Å². The predicted octanol–water partition coefficient (Wildman–Crippen LogP) is 1.62. The lowest BCUT2D eigenvalue weighted by Crippen LogP contribution is -2.34. The fraction of sp³-hybridized carbons (Fsp3) is 0.700. The zero-order chi connectivity index (χ0) is 10.6. The number of nitrogens with two attached hydrogens (primary N) is 1. The molecule has 0 aliphatic rings. The molecule has 0 fully saturated rings. The third-order valence-electron chi connectivity index (χ3n) is 2.15. The summed E-state index contributed by atoms with van der Waals surface area (Å²) in [6, 6.07) is 0.530. The molecule has 0 amide bonds. The van der Waals surface area contributed by atoms with Gasteiger partial charge in [-0.15, -0.1) is 11.3 Å². The number of hydrogen-bond donors (Lipinski definition) is 1. The van der Waals surface area contributed by atoms with Crippen molar-refractivity contribution >= 4 is 11.3 Å². The first-order chi connectivity index (χ1) is 6.63. The van der Waals surface area contributed by atoms with Crippen LogP contribution >= 0.6 is 11.3 Å².